The third-order valence-electron chi connectivity index (χ3n) is 13.4. The summed E-state index contributed by atoms with van der Waals surface area (Å²) in [7, 11) is 0. The third-order valence-corrected chi connectivity index (χ3v) is 13.4. The Balaban J connectivity index is 4.46. The van der Waals surface area contributed by atoms with Gasteiger partial charge in [0.2, 0.25) is 53.2 Å². The minimum absolute atomic E-state index is 0.0615. The molecule has 13 amide bonds. The molecular weight excluding hydrogens is 1280 g/mol. The zero-order valence-corrected chi connectivity index (χ0v) is 62.0. The topological polar surface area (TPSA) is 460 Å². The molecule has 0 aromatic carbocycles. The van der Waals surface area contributed by atoms with Crippen LogP contribution >= 0.6 is 0 Å². The molecule has 11 atom stereocenters. The second-order valence-corrected chi connectivity index (χ2v) is 30.5. The Bertz CT molecular complexity index is 2710. The Morgan fingerprint density at radius 2 is 0.816 bits per heavy atom. The molecule has 1 fully saturated rings. The van der Waals surface area contributed by atoms with E-state index in [-0.39, 0.29) is 51.2 Å². The van der Waals surface area contributed by atoms with Gasteiger partial charge in [-0.15, -0.1) is 0 Å². The van der Waals surface area contributed by atoms with Crippen molar-refractivity contribution < 1.29 is 90.8 Å². The summed E-state index contributed by atoms with van der Waals surface area (Å²) in [5, 5.41) is 33.6. The Morgan fingerprint density at radius 1 is 0.459 bits per heavy atom. The SMILES string of the molecule is CC[C@@H]1NC(=O)[C@@H](CC(C)C)NC(=O)[C@H](CCNC(=O)OC(C)(C)C)NC(=O)[C@@H](NC(=O)[C@H](CNC(=O)OC(C)(C)C)NC(=O)[C@@H](N)[C@@H](C)OC(C)(C)C)CCNC(=O)[C@H]([C@@H](C)OC(C)(C)C)NC(=O)[C@H](CCNC(=O)OC(C)(C)C)NC(=O)[C@H](CCNC(=O)OC(C)(C)C)NC1=O. The highest BCUT2D eigenvalue weighted by Gasteiger charge is 2.39. The predicted octanol–water partition coefficient (Wildman–Crippen LogP) is 1.84. The monoisotopic (exact) mass is 1400 g/mol. The van der Waals surface area contributed by atoms with Crippen LogP contribution in [0, 0.1) is 5.92 Å². The summed E-state index contributed by atoms with van der Waals surface area (Å²) in [6, 6.07) is -14.3. The molecule has 1 heterocycles. The molecule has 98 heavy (non-hydrogen) atoms. The second kappa shape index (κ2) is 39.1. The normalized spacial score (nSPS) is 21.6. The summed E-state index contributed by atoms with van der Waals surface area (Å²) in [4.78, 5) is 184. The lowest BCUT2D eigenvalue weighted by Crippen LogP contribution is -2.62. The number of hydrogen-bond donors (Lipinski definition) is 14. The highest BCUT2D eigenvalue weighted by Crippen LogP contribution is 2.17. The molecule has 33 heteroatoms. The molecule has 1 rings (SSSR count). The molecule has 0 spiro atoms. The van der Waals surface area contributed by atoms with E-state index in [9.17, 15) is 57.5 Å². The van der Waals surface area contributed by atoms with Crippen molar-refractivity contribution in [2.75, 3.05) is 32.7 Å². The number of carbonyl (C=O) groups is 13. The summed E-state index contributed by atoms with van der Waals surface area (Å²) in [6.45, 7) is 35.5. The molecular formula is C65H118N14O19. The number of alkyl carbamates (subject to hydrolysis) is 4. The lowest BCUT2D eigenvalue weighted by atomic mass is 10.0. The molecule has 0 aromatic rings. The van der Waals surface area contributed by atoms with Crippen molar-refractivity contribution in [1.82, 2.24) is 69.1 Å². The molecule has 0 aliphatic carbocycles. The summed E-state index contributed by atoms with van der Waals surface area (Å²) < 4.78 is 33.7. The van der Waals surface area contributed by atoms with Gasteiger partial charge in [0.15, 0.2) is 0 Å². The van der Waals surface area contributed by atoms with E-state index in [4.69, 9.17) is 34.2 Å². The molecule has 0 saturated carbocycles. The number of rotatable bonds is 22. The van der Waals surface area contributed by atoms with Crippen LogP contribution in [0.4, 0.5) is 19.2 Å². The van der Waals surface area contributed by atoms with Crippen molar-refractivity contribution in [2.45, 2.75) is 298 Å². The Labute approximate surface area is 577 Å². The zero-order valence-electron chi connectivity index (χ0n) is 62.0. The molecule has 0 radical (unpaired) electrons. The maximum atomic E-state index is 15.1. The first kappa shape index (κ1) is 88.2. The lowest BCUT2D eigenvalue weighted by molar-refractivity contribution is -0.139. The first-order valence-corrected chi connectivity index (χ1v) is 33.4. The van der Waals surface area contributed by atoms with E-state index in [1.54, 1.807) is 145 Å². The van der Waals surface area contributed by atoms with Crippen molar-refractivity contribution in [1.29, 1.82) is 0 Å². The fourth-order valence-corrected chi connectivity index (χ4v) is 9.21. The van der Waals surface area contributed by atoms with E-state index < -0.39 is 204 Å². The van der Waals surface area contributed by atoms with Crippen molar-refractivity contribution in [2.24, 2.45) is 11.7 Å². The predicted molar refractivity (Wildman–Crippen MR) is 362 cm³/mol. The van der Waals surface area contributed by atoms with Crippen LogP contribution in [0.1, 0.15) is 198 Å². The second-order valence-electron chi connectivity index (χ2n) is 30.5. The van der Waals surface area contributed by atoms with Crippen molar-refractivity contribution in [3.63, 3.8) is 0 Å². The number of ether oxygens (including phenoxy) is 6. The van der Waals surface area contributed by atoms with Crippen LogP contribution in [0.2, 0.25) is 0 Å². The van der Waals surface area contributed by atoms with E-state index in [2.05, 4.69) is 69.1 Å². The zero-order chi connectivity index (χ0) is 75.6. The van der Waals surface area contributed by atoms with Crippen LogP contribution in [0.3, 0.4) is 0 Å². The minimum atomic E-state index is -1.78. The standard InChI is InChI=1S/C65H118N14O19/c1-24-38-47(80)73-40(26-30-68-56(89)95-62(12,13)14)49(82)75-42(28-32-70-58(91)97-64(18,19)20)51(84)79-46(37(5)94-61(9,10)11)55(88)67-29-25-39(76-53(86)44(34-71-59(92)98-65(21,22)23)78-54(87)45(66)36(4)93-60(6,7)8)48(81)74-41(27-31-69-57(90)96-63(15,16)17)50(83)77-43(33-35(2)3)52(85)72-38/h35-46H,24-34,66H2,1-23H3,(H,67,88)(H,68,89)(H,69,90)(H,70,91)(H,71,92)(H,72,85)(H,73,80)(H,74,81)(H,75,82)(H,76,86)(H,77,83)(H,78,87)(H,79,84)/t36-,37-,38+,39+,40+,41+,42+,43-,44+,45+,46+/m1/s1. The van der Waals surface area contributed by atoms with Gasteiger partial charge in [-0.2, -0.15) is 0 Å². The van der Waals surface area contributed by atoms with Crippen LogP contribution in [0.15, 0.2) is 0 Å². The Hall–Kier alpha value is -7.81. The molecule has 1 saturated heterocycles. The molecule has 0 aromatic heterocycles. The van der Waals surface area contributed by atoms with E-state index in [0.29, 0.717) is 0 Å². The summed E-state index contributed by atoms with van der Waals surface area (Å²) >= 11 is 0. The number of nitrogens with one attached hydrogen (secondary N) is 13. The van der Waals surface area contributed by atoms with Gasteiger partial charge in [0, 0.05) is 26.2 Å². The molecule has 0 unspecified atom stereocenters. The van der Waals surface area contributed by atoms with Crippen LogP contribution in [0.5, 0.6) is 0 Å². The summed E-state index contributed by atoms with van der Waals surface area (Å²) in [5.41, 5.74) is 0.770. The largest absolute Gasteiger partial charge is 0.444 e. The molecule has 33 nitrogen and oxygen atoms in total. The van der Waals surface area contributed by atoms with Gasteiger partial charge in [0.1, 0.15) is 76.8 Å². The van der Waals surface area contributed by atoms with Gasteiger partial charge in [0.05, 0.1) is 30.0 Å². The Kier molecular flexibility index (Phi) is 35.2. The van der Waals surface area contributed by atoms with Crippen molar-refractivity contribution in [3.8, 4) is 0 Å². The van der Waals surface area contributed by atoms with Gasteiger partial charge in [-0.05, 0) is 183 Å². The van der Waals surface area contributed by atoms with E-state index in [1.165, 1.54) is 13.8 Å². The summed E-state index contributed by atoms with van der Waals surface area (Å²) in [5.74, 6) is -9.22. The highest BCUT2D eigenvalue weighted by molar-refractivity contribution is 5.98. The quantitative estimate of drug-likeness (QED) is 0.0688. The molecule has 562 valence electrons. The average molecular weight is 1400 g/mol. The van der Waals surface area contributed by atoms with Gasteiger partial charge in [-0.25, -0.2) is 19.2 Å². The maximum Gasteiger partial charge on any atom is 0.407 e. The van der Waals surface area contributed by atoms with Crippen LogP contribution in [-0.2, 0) is 71.6 Å². The first-order chi connectivity index (χ1) is 44.7. The average Bonchev–Trinajstić information content (AvgIpc) is 0.920. The third kappa shape index (κ3) is 37.8. The minimum Gasteiger partial charge on any atom is -0.444 e. The highest BCUT2D eigenvalue weighted by atomic mass is 16.6. The molecule has 0 bridgehead atoms. The number of amides is 13. The smallest absolute Gasteiger partial charge is 0.407 e. The fourth-order valence-electron chi connectivity index (χ4n) is 9.21. The van der Waals surface area contributed by atoms with Crippen LogP contribution in [0.25, 0.3) is 0 Å². The molecule has 1 aliphatic rings. The number of carbonyl (C=O) groups excluding carboxylic acids is 13. The van der Waals surface area contributed by atoms with E-state index >= 15 is 4.79 Å². The molecule has 15 N–H and O–H groups in total. The van der Waals surface area contributed by atoms with Crippen molar-refractivity contribution in [3.05, 3.63) is 0 Å². The first-order valence-electron chi connectivity index (χ1n) is 33.4. The van der Waals surface area contributed by atoms with Crippen LogP contribution < -0.4 is 74.9 Å². The van der Waals surface area contributed by atoms with Crippen molar-refractivity contribution >= 4 is 77.5 Å². The number of nitrogens with two attached hydrogens (primary N) is 1. The maximum absolute atomic E-state index is 15.1. The van der Waals surface area contributed by atoms with Gasteiger partial charge >= 0.3 is 24.4 Å². The summed E-state index contributed by atoms with van der Waals surface area (Å²) in [6.07, 6.45) is -7.55. The van der Waals surface area contributed by atoms with Gasteiger partial charge in [0.25, 0.3) is 0 Å². The van der Waals surface area contributed by atoms with Gasteiger partial charge in [-0.3, -0.25) is 43.2 Å². The van der Waals surface area contributed by atoms with Gasteiger partial charge < -0.3 is 103 Å². The van der Waals surface area contributed by atoms with E-state index in [1.807, 2.05) is 0 Å². The van der Waals surface area contributed by atoms with E-state index in [0.717, 1.165) is 0 Å². The lowest BCUT2D eigenvalue weighted by Gasteiger charge is -2.32. The van der Waals surface area contributed by atoms with Gasteiger partial charge in [-0.1, -0.05) is 20.8 Å². The Morgan fingerprint density at radius 3 is 1.20 bits per heavy atom. The number of hydrogen-bond acceptors (Lipinski definition) is 20. The molecule has 1 aliphatic heterocycles. The van der Waals surface area contributed by atoms with Crippen LogP contribution in [-0.4, -0.2) is 210 Å². The fraction of sp³-hybridized carbons (Fsp3) is 0.800.